The molecule has 9 heavy (non-hydrogen) atoms. The van der Waals surface area contributed by atoms with Crippen molar-refractivity contribution in [1.29, 1.82) is 0 Å². The fourth-order valence-corrected chi connectivity index (χ4v) is 1.21. The third kappa shape index (κ3) is 1.09. The summed E-state index contributed by atoms with van der Waals surface area (Å²) in [6.45, 7) is 4.35. The minimum Gasteiger partial charge on any atom is -0.495 e. The first-order valence-electron chi connectivity index (χ1n) is 3.66. The van der Waals surface area contributed by atoms with Gasteiger partial charge >= 0.3 is 0 Å². The number of rotatable bonds is 2. The first kappa shape index (κ1) is 6.66. The summed E-state index contributed by atoms with van der Waals surface area (Å²) in [5.74, 6) is 0. The van der Waals surface area contributed by atoms with Crippen LogP contribution in [-0.2, 0) is 4.74 Å². The lowest BCUT2D eigenvalue weighted by Crippen LogP contribution is -2.24. The Kier molecular flexibility index (Phi) is 1.79. The van der Waals surface area contributed by atoms with Crippen molar-refractivity contribution in [2.75, 3.05) is 0 Å². The van der Waals surface area contributed by atoms with Crippen LogP contribution in [-0.4, -0.2) is 5.60 Å². The largest absolute Gasteiger partial charge is 0.495 e. The summed E-state index contributed by atoms with van der Waals surface area (Å²) in [7, 11) is 0. The number of hydrogen-bond acceptors (Lipinski definition) is 1. The van der Waals surface area contributed by atoms with E-state index in [2.05, 4.69) is 19.9 Å². The lowest BCUT2D eigenvalue weighted by Gasteiger charge is -2.25. The zero-order valence-electron chi connectivity index (χ0n) is 6.18. The maximum Gasteiger partial charge on any atom is 0.111 e. The van der Waals surface area contributed by atoms with Crippen molar-refractivity contribution in [2.24, 2.45) is 0 Å². The van der Waals surface area contributed by atoms with Gasteiger partial charge in [-0.05, 0) is 18.9 Å². The molecule has 0 atom stereocenters. The molecule has 0 unspecified atom stereocenters. The van der Waals surface area contributed by atoms with Crippen molar-refractivity contribution in [1.82, 2.24) is 0 Å². The van der Waals surface area contributed by atoms with E-state index in [0.717, 1.165) is 19.3 Å². The van der Waals surface area contributed by atoms with Gasteiger partial charge in [0.15, 0.2) is 0 Å². The summed E-state index contributed by atoms with van der Waals surface area (Å²) >= 11 is 0. The zero-order valence-corrected chi connectivity index (χ0v) is 6.18. The third-order valence-electron chi connectivity index (χ3n) is 2.19. The number of hydrogen-bond donors (Lipinski definition) is 0. The predicted octanol–water partition coefficient (Wildman–Crippen LogP) is 2.48. The molecule has 0 saturated heterocycles. The van der Waals surface area contributed by atoms with Crippen LogP contribution in [0.25, 0.3) is 0 Å². The maximum atomic E-state index is 5.46. The standard InChI is InChI=1S/C8H14O/c1-3-8(4-2)6-5-7-9-8/h5,7H,3-4,6H2,1-2H3. The maximum absolute atomic E-state index is 5.46. The summed E-state index contributed by atoms with van der Waals surface area (Å²) in [5, 5.41) is 0. The van der Waals surface area contributed by atoms with Crippen LogP contribution < -0.4 is 0 Å². The Morgan fingerprint density at radius 3 is 2.33 bits per heavy atom. The Morgan fingerprint density at radius 2 is 2.11 bits per heavy atom. The molecule has 0 radical (unpaired) electrons. The van der Waals surface area contributed by atoms with Crippen LogP contribution in [0.4, 0.5) is 0 Å². The lowest BCUT2D eigenvalue weighted by molar-refractivity contribution is 0.0370. The van der Waals surface area contributed by atoms with Gasteiger partial charge in [-0.25, -0.2) is 0 Å². The molecule has 1 nitrogen and oxygen atoms in total. The predicted molar refractivity (Wildman–Crippen MR) is 38.2 cm³/mol. The normalized spacial score (nSPS) is 22.0. The van der Waals surface area contributed by atoms with Gasteiger partial charge in [-0.1, -0.05) is 13.8 Å². The van der Waals surface area contributed by atoms with Crippen LogP contribution in [0.15, 0.2) is 12.3 Å². The summed E-state index contributed by atoms with van der Waals surface area (Å²) < 4.78 is 5.46. The van der Waals surface area contributed by atoms with Crippen molar-refractivity contribution in [2.45, 2.75) is 38.7 Å². The monoisotopic (exact) mass is 126 g/mol. The highest BCUT2D eigenvalue weighted by atomic mass is 16.5. The molecule has 0 spiro atoms. The fraction of sp³-hybridized carbons (Fsp3) is 0.750. The number of ether oxygens (including phenoxy) is 1. The van der Waals surface area contributed by atoms with Gasteiger partial charge < -0.3 is 4.74 Å². The van der Waals surface area contributed by atoms with Gasteiger partial charge in [-0.2, -0.15) is 0 Å². The smallest absolute Gasteiger partial charge is 0.111 e. The van der Waals surface area contributed by atoms with Crippen molar-refractivity contribution < 1.29 is 4.74 Å². The summed E-state index contributed by atoms with van der Waals surface area (Å²) in [5.41, 5.74) is 0.167. The lowest BCUT2D eigenvalue weighted by atomic mass is 9.95. The molecule has 0 aromatic rings. The average molecular weight is 126 g/mol. The molecule has 1 heteroatoms. The van der Waals surface area contributed by atoms with E-state index >= 15 is 0 Å². The highest BCUT2D eigenvalue weighted by Crippen LogP contribution is 2.29. The molecule has 1 rings (SSSR count). The molecule has 0 aliphatic carbocycles. The molecule has 1 aliphatic rings. The molecule has 0 saturated carbocycles. The third-order valence-corrected chi connectivity index (χ3v) is 2.19. The molecular weight excluding hydrogens is 112 g/mol. The topological polar surface area (TPSA) is 9.23 Å². The van der Waals surface area contributed by atoms with Gasteiger partial charge in [-0.3, -0.25) is 0 Å². The molecule has 1 heterocycles. The molecule has 0 bridgehead atoms. The van der Waals surface area contributed by atoms with E-state index in [1.54, 1.807) is 0 Å². The van der Waals surface area contributed by atoms with Crippen LogP contribution in [0.5, 0.6) is 0 Å². The minimum absolute atomic E-state index is 0.167. The van der Waals surface area contributed by atoms with E-state index in [-0.39, 0.29) is 5.60 Å². The molecule has 0 amide bonds. The van der Waals surface area contributed by atoms with E-state index in [4.69, 9.17) is 4.74 Å². The second kappa shape index (κ2) is 2.42. The first-order chi connectivity index (χ1) is 4.33. The van der Waals surface area contributed by atoms with Crippen LogP contribution in [0.2, 0.25) is 0 Å². The molecule has 0 aromatic heterocycles. The summed E-state index contributed by atoms with van der Waals surface area (Å²) in [6.07, 6.45) is 7.27. The molecule has 52 valence electrons. The van der Waals surface area contributed by atoms with Crippen molar-refractivity contribution >= 4 is 0 Å². The molecule has 0 fully saturated rings. The van der Waals surface area contributed by atoms with E-state index < -0.39 is 0 Å². The quantitative estimate of drug-likeness (QED) is 0.552. The second-order valence-corrected chi connectivity index (χ2v) is 2.58. The SMILES string of the molecule is CCC1(CC)CC=CO1. The summed E-state index contributed by atoms with van der Waals surface area (Å²) in [4.78, 5) is 0. The van der Waals surface area contributed by atoms with Gasteiger partial charge in [0.1, 0.15) is 5.60 Å². The molecule has 1 aliphatic heterocycles. The Hall–Kier alpha value is -0.460. The van der Waals surface area contributed by atoms with Crippen LogP contribution >= 0.6 is 0 Å². The highest BCUT2D eigenvalue weighted by molar-refractivity contribution is 4.96. The Morgan fingerprint density at radius 1 is 1.44 bits per heavy atom. The molecule has 0 aromatic carbocycles. The van der Waals surface area contributed by atoms with Crippen molar-refractivity contribution in [3.05, 3.63) is 12.3 Å². The Bertz CT molecular complexity index is 102. The van der Waals surface area contributed by atoms with Crippen LogP contribution in [0.1, 0.15) is 33.1 Å². The average Bonchev–Trinajstić information content (AvgIpc) is 2.36. The van der Waals surface area contributed by atoms with Crippen LogP contribution in [0.3, 0.4) is 0 Å². The van der Waals surface area contributed by atoms with Crippen molar-refractivity contribution in [3.8, 4) is 0 Å². The summed E-state index contributed by atoms with van der Waals surface area (Å²) in [6, 6.07) is 0. The zero-order chi connectivity index (χ0) is 6.74. The minimum atomic E-state index is 0.167. The fourth-order valence-electron chi connectivity index (χ4n) is 1.21. The van der Waals surface area contributed by atoms with E-state index in [9.17, 15) is 0 Å². The Balaban J connectivity index is 2.50. The molecule has 0 N–H and O–H groups in total. The van der Waals surface area contributed by atoms with Crippen LogP contribution in [0, 0.1) is 0 Å². The van der Waals surface area contributed by atoms with E-state index in [0.29, 0.717) is 0 Å². The molecular formula is C8H14O. The second-order valence-electron chi connectivity index (χ2n) is 2.58. The van der Waals surface area contributed by atoms with E-state index in [1.165, 1.54) is 0 Å². The van der Waals surface area contributed by atoms with Gasteiger partial charge in [-0.15, -0.1) is 0 Å². The van der Waals surface area contributed by atoms with Crippen molar-refractivity contribution in [3.63, 3.8) is 0 Å². The van der Waals surface area contributed by atoms with Gasteiger partial charge in [0, 0.05) is 6.42 Å². The van der Waals surface area contributed by atoms with Gasteiger partial charge in [0.25, 0.3) is 0 Å². The highest BCUT2D eigenvalue weighted by Gasteiger charge is 2.28. The first-order valence-corrected chi connectivity index (χ1v) is 3.66. The Labute approximate surface area is 56.7 Å². The van der Waals surface area contributed by atoms with E-state index in [1.807, 2.05) is 6.26 Å². The van der Waals surface area contributed by atoms with Gasteiger partial charge in [0.2, 0.25) is 0 Å². The van der Waals surface area contributed by atoms with Gasteiger partial charge in [0.05, 0.1) is 6.26 Å².